The Morgan fingerprint density at radius 2 is 2.16 bits per heavy atom. The van der Waals surface area contributed by atoms with E-state index in [0.29, 0.717) is 12.2 Å². The van der Waals surface area contributed by atoms with Gasteiger partial charge >= 0.3 is 5.97 Å². The predicted octanol–water partition coefficient (Wildman–Crippen LogP) is 2.29. The second-order valence-corrected chi connectivity index (χ2v) is 4.30. The molecule has 2 aromatic rings. The smallest absolute Gasteiger partial charge is 0.339 e. The molecule has 1 aromatic heterocycles. The number of benzene rings is 1. The monoisotopic (exact) mass is 259 g/mol. The minimum atomic E-state index is -0.950. The van der Waals surface area contributed by atoms with Crippen molar-refractivity contribution in [2.75, 3.05) is 5.32 Å². The molecule has 0 saturated carbocycles. The van der Waals surface area contributed by atoms with Gasteiger partial charge < -0.3 is 10.4 Å². The summed E-state index contributed by atoms with van der Waals surface area (Å²) in [6, 6.07) is 8.01. The Bertz CT molecular complexity index is 590. The van der Waals surface area contributed by atoms with Crippen LogP contribution in [-0.4, -0.2) is 20.9 Å². The molecule has 1 heterocycles. The van der Waals surface area contributed by atoms with Crippen LogP contribution < -0.4 is 5.32 Å². The maximum Gasteiger partial charge on any atom is 0.339 e. The average Bonchev–Trinajstić information content (AvgIpc) is 2.78. The molecule has 1 aromatic carbocycles. The van der Waals surface area contributed by atoms with Gasteiger partial charge in [0.15, 0.2) is 0 Å². The van der Waals surface area contributed by atoms with E-state index in [1.54, 1.807) is 11.7 Å². The van der Waals surface area contributed by atoms with Gasteiger partial charge in [0.1, 0.15) is 5.56 Å². The number of carboxylic acids is 1. The molecule has 0 atom stereocenters. The lowest BCUT2D eigenvalue weighted by Gasteiger charge is -2.11. The van der Waals surface area contributed by atoms with Crippen LogP contribution in [0.15, 0.2) is 30.5 Å². The summed E-state index contributed by atoms with van der Waals surface area (Å²) in [7, 11) is 1.75. The molecule has 5 nitrogen and oxygen atoms in total. The van der Waals surface area contributed by atoms with Crippen molar-refractivity contribution in [3.8, 4) is 0 Å². The second kappa shape index (κ2) is 5.56. The van der Waals surface area contributed by atoms with E-state index in [4.69, 9.17) is 5.11 Å². The number of nitrogens with zero attached hydrogens (tertiary/aromatic N) is 2. The summed E-state index contributed by atoms with van der Waals surface area (Å²) in [5, 5.41) is 16.4. The highest BCUT2D eigenvalue weighted by molar-refractivity contribution is 5.88. The molecule has 5 heteroatoms. The molecule has 0 bridgehead atoms. The highest BCUT2D eigenvalue weighted by Crippen LogP contribution is 2.17. The first-order valence-electron chi connectivity index (χ1n) is 6.19. The lowest BCUT2D eigenvalue weighted by atomic mass is 10.1. The summed E-state index contributed by atoms with van der Waals surface area (Å²) in [6.45, 7) is 2.53. The summed E-state index contributed by atoms with van der Waals surface area (Å²) in [5.74, 6) is -0.950. The van der Waals surface area contributed by atoms with Gasteiger partial charge in [-0.25, -0.2) is 4.79 Å². The molecule has 0 saturated heterocycles. The Balaban J connectivity index is 2.19. The van der Waals surface area contributed by atoms with Crippen LogP contribution in [0.3, 0.4) is 0 Å². The number of nitrogens with one attached hydrogen (secondary N) is 1. The molecule has 0 spiro atoms. The van der Waals surface area contributed by atoms with Gasteiger partial charge in [-0.3, -0.25) is 4.68 Å². The summed E-state index contributed by atoms with van der Waals surface area (Å²) >= 11 is 0. The third-order valence-electron chi connectivity index (χ3n) is 3.14. The van der Waals surface area contributed by atoms with E-state index in [-0.39, 0.29) is 5.56 Å². The predicted molar refractivity (Wildman–Crippen MR) is 73.3 cm³/mol. The van der Waals surface area contributed by atoms with E-state index in [1.807, 2.05) is 18.2 Å². The van der Waals surface area contributed by atoms with Crippen molar-refractivity contribution in [2.24, 2.45) is 7.05 Å². The minimum Gasteiger partial charge on any atom is -0.478 e. The lowest BCUT2D eigenvalue weighted by molar-refractivity contribution is 0.0695. The standard InChI is InChI=1S/C14H17N3O2/c1-3-10-6-4-5-7-12(10)15-9-13-11(14(18)19)8-16-17(13)2/h4-8,15H,3,9H2,1-2H3,(H,18,19). The number of aromatic nitrogens is 2. The van der Waals surface area contributed by atoms with E-state index in [1.165, 1.54) is 11.8 Å². The first kappa shape index (κ1) is 13.1. The number of carbonyl (C=O) groups is 1. The maximum atomic E-state index is 11.1. The molecule has 0 aliphatic carbocycles. The lowest BCUT2D eigenvalue weighted by Crippen LogP contribution is -2.11. The molecule has 0 amide bonds. The Hall–Kier alpha value is -2.30. The fourth-order valence-electron chi connectivity index (χ4n) is 2.03. The fraction of sp³-hybridized carbons (Fsp3) is 0.286. The molecule has 0 unspecified atom stereocenters. The SMILES string of the molecule is CCc1ccccc1NCc1c(C(=O)O)cnn1C. The first-order chi connectivity index (χ1) is 9.13. The van der Waals surface area contributed by atoms with Crippen LogP contribution >= 0.6 is 0 Å². The summed E-state index contributed by atoms with van der Waals surface area (Å²) < 4.78 is 1.59. The largest absolute Gasteiger partial charge is 0.478 e. The fourth-order valence-corrected chi connectivity index (χ4v) is 2.03. The highest BCUT2D eigenvalue weighted by atomic mass is 16.4. The Kier molecular flexibility index (Phi) is 3.85. The molecule has 2 rings (SSSR count). The van der Waals surface area contributed by atoms with Gasteiger partial charge in [-0.1, -0.05) is 25.1 Å². The second-order valence-electron chi connectivity index (χ2n) is 4.30. The van der Waals surface area contributed by atoms with Crippen molar-refractivity contribution in [2.45, 2.75) is 19.9 Å². The first-order valence-corrected chi connectivity index (χ1v) is 6.19. The maximum absolute atomic E-state index is 11.1. The van der Waals surface area contributed by atoms with E-state index in [2.05, 4.69) is 23.4 Å². The molecule has 2 N–H and O–H groups in total. The number of carboxylic acid groups (broad SMARTS) is 1. The number of hydrogen-bond donors (Lipinski definition) is 2. The van der Waals surface area contributed by atoms with E-state index >= 15 is 0 Å². The summed E-state index contributed by atoms with van der Waals surface area (Å²) in [4.78, 5) is 11.1. The van der Waals surface area contributed by atoms with Crippen LogP contribution in [0, 0.1) is 0 Å². The minimum absolute atomic E-state index is 0.240. The molecule has 0 radical (unpaired) electrons. The van der Waals surface area contributed by atoms with Gasteiger partial charge in [0.05, 0.1) is 18.4 Å². The van der Waals surface area contributed by atoms with Crippen LogP contribution in [0.25, 0.3) is 0 Å². The van der Waals surface area contributed by atoms with Crippen molar-refractivity contribution >= 4 is 11.7 Å². The zero-order valence-electron chi connectivity index (χ0n) is 11.1. The van der Waals surface area contributed by atoms with Gasteiger partial charge in [0, 0.05) is 12.7 Å². The average molecular weight is 259 g/mol. The number of aromatic carboxylic acids is 1. The van der Waals surface area contributed by atoms with Gasteiger partial charge in [-0.2, -0.15) is 5.10 Å². The van der Waals surface area contributed by atoms with Crippen LogP contribution in [0.4, 0.5) is 5.69 Å². The molecule has 0 aliphatic rings. The summed E-state index contributed by atoms with van der Waals surface area (Å²) in [5.41, 5.74) is 3.14. The van der Waals surface area contributed by atoms with Crippen molar-refractivity contribution in [3.05, 3.63) is 47.3 Å². The van der Waals surface area contributed by atoms with Crippen molar-refractivity contribution in [1.29, 1.82) is 0 Å². The Morgan fingerprint density at radius 1 is 1.42 bits per heavy atom. The number of aryl methyl sites for hydroxylation is 2. The van der Waals surface area contributed by atoms with Crippen LogP contribution in [0.2, 0.25) is 0 Å². The molecule has 100 valence electrons. The van der Waals surface area contributed by atoms with Gasteiger partial charge in [-0.15, -0.1) is 0 Å². The van der Waals surface area contributed by atoms with Crippen LogP contribution in [0.1, 0.15) is 28.5 Å². The van der Waals surface area contributed by atoms with E-state index < -0.39 is 5.97 Å². The van der Waals surface area contributed by atoms with Gasteiger partial charge in [-0.05, 0) is 18.1 Å². The number of anilines is 1. The Labute approximate surface area is 111 Å². The third kappa shape index (κ3) is 2.76. The van der Waals surface area contributed by atoms with Crippen molar-refractivity contribution < 1.29 is 9.90 Å². The molecular formula is C14H17N3O2. The zero-order chi connectivity index (χ0) is 13.8. The number of hydrogen-bond acceptors (Lipinski definition) is 3. The molecule has 19 heavy (non-hydrogen) atoms. The van der Waals surface area contributed by atoms with Gasteiger partial charge in [0.2, 0.25) is 0 Å². The topological polar surface area (TPSA) is 67.2 Å². The molecule has 0 fully saturated rings. The normalized spacial score (nSPS) is 10.4. The number of para-hydroxylation sites is 1. The summed E-state index contributed by atoms with van der Waals surface area (Å²) in [6.07, 6.45) is 2.31. The Morgan fingerprint density at radius 3 is 2.84 bits per heavy atom. The third-order valence-corrected chi connectivity index (χ3v) is 3.14. The van der Waals surface area contributed by atoms with E-state index in [0.717, 1.165) is 12.1 Å². The van der Waals surface area contributed by atoms with Crippen LogP contribution in [-0.2, 0) is 20.0 Å². The number of rotatable bonds is 5. The zero-order valence-corrected chi connectivity index (χ0v) is 11.1. The molecule has 0 aliphatic heterocycles. The highest BCUT2D eigenvalue weighted by Gasteiger charge is 2.14. The van der Waals surface area contributed by atoms with Gasteiger partial charge in [0.25, 0.3) is 0 Å². The van der Waals surface area contributed by atoms with E-state index in [9.17, 15) is 4.79 Å². The quantitative estimate of drug-likeness (QED) is 0.864. The van der Waals surface area contributed by atoms with Crippen molar-refractivity contribution in [3.63, 3.8) is 0 Å². The van der Waals surface area contributed by atoms with Crippen molar-refractivity contribution in [1.82, 2.24) is 9.78 Å². The van der Waals surface area contributed by atoms with Crippen LogP contribution in [0.5, 0.6) is 0 Å². The molecular weight excluding hydrogens is 242 g/mol.